The smallest absolute Gasteiger partial charge is 0.326 e. The van der Waals surface area contributed by atoms with Crippen molar-refractivity contribution in [2.24, 2.45) is 0 Å². The van der Waals surface area contributed by atoms with E-state index in [9.17, 15) is 14.4 Å². The first-order chi connectivity index (χ1) is 9.81. The Bertz CT molecular complexity index is 563. The zero-order valence-electron chi connectivity index (χ0n) is 10.9. The Labute approximate surface area is 128 Å². The average molecular weight is 361 g/mol. The number of hydrogen-bond acceptors (Lipinski definition) is 4. The number of hydrogen-bond donors (Lipinski definition) is 4. The lowest BCUT2D eigenvalue weighted by atomic mass is 10.2. The number of urea groups is 1. The van der Waals surface area contributed by atoms with Gasteiger partial charge in [-0.25, -0.2) is 9.59 Å². The molecule has 0 saturated carbocycles. The zero-order valence-corrected chi connectivity index (χ0v) is 12.5. The fraction of sp³-hybridized carbons (Fsp3) is 0.250. The van der Waals surface area contributed by atoms with Gasteiger partial charge in [-0.2, -0.15) is 0 Å². The maximum atomic E-state index is 11.7. The van der Waals surface area contributed by atoms with Gasteiger partial charge in [0.15, 0.2) is 0 Å². The molecule has 1 aromatic rings. The van der Waals surface area contributed by atoms with Crippen LogP contribution >= 0.6 is 15.9 Å². The molecule has 0 aliphatic rings. The summed E-state index contributed by atoms with van der Waals surface area (Å²) < 4.78 is 5.67. The van der Waals surface area contributed by atoms with Gasteiger partial charge in [-0.3, -0.25) is 4.79 Å². The van der Waals surface area contributed by atoms with Crippen molar-refractivity contribution in [2.75, 3.05) is 12.4 Å². The minimum atomic E-state index is -1.52. The lowest BCUT2D eigenvalue weighted by Gasteiger charge is -2.14. The van der Waals surface area contributed by atoms with Gasteiger partial charge < -0.3 is 25.6 Å². The maximum absolute atomic E-state index is 11.7. The van der Waals surface area contributed by atoms with Crippen molar-refractivity contribution in [3.63, 3.8) is 0 Å². The van der Waals surface area contributed by atoms with Crippen LogP contribution in [0.2, 0.25) is 0 Å². The molecule has 0 radical (unpaired) electrons. The molecule has 0 heterocycles. The number of aliphatic carboxylic acids is 2. The number of nitrogens with one attached hydrogen (secondary N) is 2. The van der Waals surface area contributed by atoms with Crippen LogP contribution in [0, 0.1) is 0 Å². The Morgan fingerprint density at radius 3 is 2.48 bits per heavy atom. The lowest BCUT2D eigenvalue weighted by molar-refractivity contribution is -0.145. The number of carboxylic acid groups (broad SMARTS) is 2. The second-order valence-corrected chi connectivity index (χ2v) is 4.88. The number of methoxy groups -OCH3 is 1. The van der Waals surface area contributed by atoms with Crippen LogP contribution in [0.4, 0.5) is 10.5 Å². The largest absolute Gasteiger partial charge is 0.497 e. The predicted molar refractivity (Wildman–Crippen MR) is 76.5 cm³/mol. The Morgan fingerprint density at radius 2 is 1.95 bits per heavy atom. The molecule has 2 amide bonds. The van der Waals surface area contributed by atoms with Gasteiger partial charge >= 0.3 is 18.0 Å². The summed E-state index contributed by atoms with van der Waals surface area (Å²) in [5, 5.41) is 21.9. The summed E-state index contributed by atoms with van der Waals surface area (Å²) in [5.74, 6) is -2.27. The molecule has 1 atom stereocenters. The van der Waals surface area contributed by atoms with E-state index in [0.29, 0.717) is 15.9 Å². The number of benzene rings is 1. The van der Waals surface area contributed by atoms with Crippen LogP contribution in [0.5, 0.6) is 5.75 Å². The number of amides is 2. The molecule has 0 saturated heterocycles. The van der Waals surface area contributed by atoms with E-state index in [1.54, 1.807) is 12.1 Å². The van der Waals surface area contributed by atoms with E-state index in [4.69, 9.17) is 14.9 Å². The van der Waals surface area contributed by atoms with Gasteiger partial charge in [-0.15, -0.1) is 0 Å². The van der Waals surface area contributed by atoms with Gasteiger partial charge in [0.1, 0.15) is 11.8 Å². The molecular weight excluding hydrogens is 348 g/mol. The van der Waals surface area contributed by atoms with Gasteiger partial charge in [0, 0.05) is 16.2 Å². The molecule has 1 rings (SSSR count). The molecule has 114 valence electrons. The molecule has 9 heteroatoms. The highest BCUT2D eigenvalue weighted by Crippen LogP contribution is 2.24. The van der Waals surface area contributed by atoms with Gasteiger partial charge in [0.25, 0.3) is 0 Å². The fourth-order valence-electron chi connectivity index (χ4n) is 1.45. The monoisotopic (exact) mass is 360 g/mol. The topological polar surface area (TPSA) is 125 Å². The van der Waals surface area contributed by atoms with Crippen LogP contribution in [-0.4, -0.2) is 41.3 Å². The van der Waals surface area contributed by atoms with E-state index < -0.39 is 30.4 Å². The number of rotatable bonds is 6. The van der Waals surface area contributed by atoms with Gasteiger partial charge in [-0.1, -0.05) is 15.9 Å². The minimum absolute atomic E-state index is 0.359. The standard InChI is InChI=1S/C12H13BrN2O6/c1-21-8-3-6(13)2-7(4-8)14-12(20)15-9(11(18)19)5-10(16)17/h2-4,9H,5H2,1H3,(H,16,17)(H,18,19)(H2,14,15,20)/t9-/m1/s1. The highest BCUT2D eigenvalue weighted by atomic mass is 79.9. The van der Waals surface area contributed by atoms with E-state index in [-0.39, 0.29) is 0 Å². The molecule has 8 nitrogen and oxygen atoms in total. The Morgan fingerprint density at radius 1 is 1.29 bits per heavy atom. The summed E-state index contributed by atoms with van der Waals surface area (Å²) in [7, 11) is 1.46. The number of ether oxygens (including phenoxy) is 1. The first-order valence-electron chi connectivity index (χ1n) is 5.68. The first-order valence-corrected chi connectivity index (χ1v) is 6.48. The van der Waals surface area contributed by atoms with Crippen molar-refractivity contribution in [3.05, 3.63) is 22.7 Å². The molecule has 0 aromatic heterocycles. The summed E-state index contributed by atoms with van der Waals surface area (Å²) in [5.41, 5.74) is 0.359. The van der Waals surface area contributed by atoms with Crippen molar-refractivity contribution in [1.29, 1.82) is 0 Å². The zero-order chi connectivity index (χ0) is 16.0. The molecule has 4 N–H and O–H groups in total. The summed E-state index contributed by atoms with van der Waals surface area (Å²) in [6.45, 7) is 0. The summed E-state index contributed by atoms with van der Waals surface area (Å²) in [6.07, 6.45) is -0.718. The maximum Gasteiger partial charge on any atom is 0.326 e. The highest BCUT2D eigenvalue weighted by molar-refractivity contribution is 9.10. The number of anilines is 1. The van der Waals surface area contributed by atoms with Crippen LogP contribution in [0.3, 0.4) is 0 Å². The van der Waals surface area contributed by atoms with E-state index in [2.05, 4.69) is 26.6 Å². The number of halogens is 1. The molecule has 21 heavy (non-hydrogen) atoms. The van der Waals surface area contributed by atoms with Crippen molar-refractivity contribution in [2.45, 2.75) is 12.5 Å². The third-order valence-electron chi connectivity index (χ3n) is 2.35. The van der Waals surface area contributed by atoms with E-state index >= 15 is 0 Å². The third-order valence-corrected chi connectivity index (χ3v) is 2.80. The normalized spacial score (nSPS) is 11.3. The number of carboxylic acids is 2. The van der Waals surface area contributed by atoms with Crippen LogP contribution in [0.25, 0.3) is 0 Å². The Hall–Kier alpha value is -2.29. The molecule has 0 spiro atoms. The van der Waals surface area contributed by atoms with Crippen LogP contribution in [0.15, 0.2) is 22.7 Å². The van der Waals surface area contributed by atoms with Gasteiger partial charge in [0.05, 0.1) is 13.5 Å². The predicted octanol–water partition coefficient (Wildman–Crippen LogP) is 1.51. The van der Waals surface area contributed by atoms with E-state index in [1.165, 1.54) is 13.2 Å². The second kappa shape index (κ2) is 7.48. The second-order valence-electron chi connectivity index (χ2n) is 3.97. The molecule has 0 fully saturated rings. The molecule has 0 unspecified atom stereocenters. The molecule has 0 bridgehead atoms. The molecule has 1 aromatic carbocycles. The minimum Gasteiger partial charge on any atom is -0.497 e. The summed E-state index contributed by atoms with van der Waals surface area (Å²) in [4.78, 5) is 33.1. The Balaban J connectivity index is 2.74. The molecule has 0 aliphatic carbocycles. The van der Waals surface area contributed by atoms with Gasteiger partial charge in [0.2, 0.25) is 0 Å². The SMILES string of the molecule is COc1cc(Br)cc(NC(=O)N[C@H](CC(=O)O)C(=O)O)c1. The van der Waals surface area contributed by atoms with E-state index in [1.807, 2.05) is 0 Å². The quantitative estimate of drug-likeness (QED) is 0.609. The number of carbonyl (C=O) groups excluding carboxylic acids is 1. The number of carbonyl (C=O) groups is 3. The highest BCUT2D eigenvalue weighted by Gasteiger charge is 2.23. The lowest BCUT2D eigenvalue weighted by Crippen LogP contribution is -2.44. The summed E-state index contributed by atoms with van der Waals surface area (Å²) in [6, 6.07) is 2.43. The van der Waals surface area contributed by atoms with Crippen molar-refractivity contribution in [1.82, 2.24) is 5.32 Å². The van der Waals surface area contributed by atoms with Crippen LogP contribution in [-0.2, 0) is 9.59 Å². The third kappa shape index (κ3) is 5.69. The molecular formula is C12H13BrN2O6. The molecule has 0 aliphatic heterocycles. The average Bonchev–Trinajstić information content (AvgIpc) is 2.36. The first kappa shape index (κ1) is 16.8. The fourth-order valence-corrected chi connectivity index (χ4v) is 1.93. The van der Waals surface area contributed by atoms with Crippen molar-refractivity contribution < 1.29 is 29.3 Å². The van der Waals surface area contributed by atoms with E-state index in [0.717, 1.165) is 0 Å². The Kier molecular flexibility index (Phi) is 5.97. The van der Waals surface area contributed by atoms with Crippen LogP contribution < -0.4 is 15.4 Å². The van der Waals surface area contributed by atoms with Crippen molar-refractivity contribution >= 4 is 39.6 Å². The summed E-state index contributed by atoms with van der Waals surface area (Å²) >= 11 is 3.23. The van der Waals surface area contributed by atoms with Crippen molar-refractivity contribution in [3.8, 4) is 5.75 Å². The van der Waals surface area contributed by atoms with Crippen LogP contribution in [0.1, 0.15) is 6.42 Å². The van der Waals surface area contributed by atoms with Gasteiger partial charge in [-0.05, 0) is 12.1 Å².